The summed E-state index contributed by atoms with van der Waals surface area (Å²) in [6, 6.07) is 1.06. The van der Waals surface area contributed by atoms with Crippen LogP contribution in [0.15, 0.2) is 0 Å². The summed E-state index contributed by atoms with van der Waals surface area (Å²) in [6.45, 7) is 13.9. The van der Waals surface area contributed by atoms with Gasteiger partial charge in [-0.25, -0.2) is 4.79 Å². The first-order chi connectivity index (χ1) is 10.9. The van der Waals surface area contributed by atoms with Crippen molar-refractivity contribution >= 4 is 14.2 Å². The lowest BCUT2D eigenvalue weighted by molar-refractivity contribution is -0.0709. The quantitative estimate of drug-likeness (QED) is 0.560. The number of likely N-dealkylation sites (tertiary alicyclic amines) is 1. The molecule has 0 aliphatic carbocycles. The molecule has 0 aromatic heterocycles. The van der Waals surface area contributed by atoms with Crippen LogP contribution in [0.3, 0.4) is 0 Å². The minimum atomic E-state index is -1.15. The van der Waals surface area contributed by atoms with Gasteiger partial charge in [-0.1, -0.05) is 19.6 Å². The molecule has 0 bridgehead atoms. The number of hydrogen-bond donors (Lipinski definition) is 2. The molecule has 3 atom stereocenters. The fourth-order valence-corrected chi connectivity index (χ4v) is 3.40. The van der Waals surface area contributed by atoms with Crippen molar-refractivity contribution in [3.8, 4) is 0 Å². The lowest BCUT2D eigenvalue weighted by Crippen LogP contribution is -2.54. The highest BCUT2D eigenvalue weighted by Crippen LogP contribution is 2.25. The molecule has 1 rings (SSSR count). The molecular weight excluding hydrogens is 326 g/mol. The van der Waals surface area contributed by atoms with E-state index in [0.717, 1.165) is 6.04 Å². The van der Waals surface area contributed by atoms with Crippen molar-refractivity contribution in [3.05, 3.63) is 0 Å². The fraction of sp³-hybridized carbons (Fsp3) is 0.941. The second-order valence-corrected chi connectivity index (χ2v) is 14.6. The smallest absolute Gasteiger partial charge is 0.410 e. The van der Waals surface area contributed by atoms with E-state index in [-0.39, 0.29) is 18.4 Å². The van der Waals surface area contributed by atoms with Gasteiger partial charge in [0, 0.05) is 39.6 Å². The van der Waals surface area contributed by atoms with Gasteiger partial charge in [0.05, 0.1) is 19.3 Å². The summed E-state index contributed by atoms with van der Waals surface area (Å²) < 4.78 is 11.2. The van der Waals surface area contributed by atoms with Crippen LogP contribution in [0.5, 0.6) is 0 Å². The zero-order valence-electron chi connectivity index (χ0n) is 16.0. The van der Waals surface area contributed by atoms with Crippen LogP contribution in [-0.4, -0.2) is 73.9 Å². The Morgan fingerprint density at radius 2 is 1.79 bits per heavy atom. The molecule has 6 nitrogen and oxygen atoms in total. The molecule has 0 radical (unpaired) electrons. The maximum Gasteiger partial charge on any atom is 0.410 e. The van der Waals surface area contributed by atoms with E-state index < -0.39 is 25.9 Å². The average molecular weight is 362 g/mol. The van der Waals surface area contributed by atoms with E-state index in [9.17, 15) is 15.0 Å². The van der Waals surface area contributed by atoms with E-state index in [0.29, 0.717) is 26.3 Å². The summed E-state index contributed by atoms with van der Waals surface area (Å²) >= 11 is 0. The first kappa shape index (κ1) is 21.4. The SMILES string of the molecule is CC(C)(C)OC(=O)N1C[C@H](CO)[C@H](O)[C@@H](COCC[Si](C)(C)C)C1. The van der Waals surface area contributed by atoms with Crippen molar-refractivity contribution in [1.29, 1.82) is 0 Å². The van der Waals surface area contributed by atoms with Crippen molar-refractivity contribution in [2.24, 2.45) is 11.8 Å². The third kappa shape index (κ3) is 7.50. The highest BCUT2D eigenvalue weighted by molar-refractivity contribution is 6.76. The largest absolute Gasteiger partial charge is 0.444 e. The summed E-state index contributed by atoms with van der Waals surface area (Å²) in [5, 5.41) is 19.9. The van der Waals surface area contributed by atoms with Gasteiger partial charge in [0.15, 0.2) is 0 Å². The number of hydrogen-bond acceptors (Lipinski definition) is 5. The highest BCUT2D eigenvalue weighted by Gasteiger charge is 2.38. The Morgan fingerprint density at radius 1 is 1.21 bits per heavy atom. The zero-order valence-corrected chi connectivity index (χ0v) is 17.0. The molecule has 142 valence electrons. The van der Waals surface area contributed by atoms with Crippen molar-refractivity contribution < 1.29 is 24.5 Å². The molecule has 1 heterocycles. The van der Waals surface area contributed by atoms with Crippen LogP contribution in [0.2, 0.25) is 25.7 Å². The molecule has 0 unspecified atom stereocenters. The molecule has 1 amide bonds. The first-order valence-corrected chi connectivity index (χ1v) is 12.5. The predicted molar refractivity (Wildman–Crippen MR) is 96.9 cm³/mol. The number of aliphatic hydroxyl groups excluding tert-OH is 2. The lowest BCUT2D eigenvalue weighted by atomic mass is 9.87. The number of amides is 1. The minimum absolute atomic E-state index is 0.161. The maximum absolute atomic E-state index is 12.3. The topological polar surface area (TPSA) is 79.2 Å². The summed E-state index contributed by atoms with van der Waals surface area (Å²) in [5.74, 6) is -0.568. The number of carbonyl (C=O) groups excluding carboxylic acids is 1. The molecule has 1 aliphatic rings. The van der Waals surface area contributed by atoms with Gasteiger partial charge in [0.25, 0.3) is 0 Å². The molecule has 1 aliphatic heterocycles. The molecule has 0 spiro atoms. The second kappa shape index (κ2) is 8.65. The van der Waals surface area contributed by atoms with Crippen LogP contribution < -0.4 is 0 Å². The molecular formula is C17H35NO5Si. The van der Waals surface area contributed by atoms with E-state index in [2.05, 4.69) is 19.6 Å². The number of nitrogens with zero attached hydrogens (tertiary/aromatic N) is 1. The standard InChI is InChI=1S/C17H35NO5Si/c1-17(2,3)23-16(21)18-9-13(11-19)15(20)14(10-18)12-22-7-8-24(4,5)6/h13-15,19-20H,7-12H2,1-6H3/t13-,14-,15+/m1/s1. The number of rotatable bonds is 6. The fourth-order valence-electron chi connectivity index (χ4n) is 2.65. The van der Waals surface area contributed by atoms with E-state index in [1.54, 1.807) is 4.90 Å². The minimum Gasteiger partial charge on any atom is -0.444 e. The van der Waals surface area contributed by atoms with Gasteiger partial charge < -0.3 is 24.6 Å². The normalized spacial score (nSPS) is 25.7. The van der Waals surface area contributed by atoms with Gasteiger partial charge in [-0.15, -0.1) is 0 Å². The molecule has 0 saturated carbocycles. The van der Waals surface area contributed by atoms with Crippen LogP contribution >= 0.6 is 0 Å². The number of carbonyl (C=O) groups is 1. The molecule has 0 aromatic rings. The molecule has 1 fully saturated rings. The highest BCUT2D eigenvalue weighted by atomic mass is 28.3. The van der Waals surface area contributed by atoms with Gasteiger partial charge in [-0.2, -0.15) is 0 Å². The van der Waals surface area contributed by atoms with E-state index in [1.165, 1.54) is 0 Å². The molecule has 0 aromatic carbocycles. The molecule has 7 heteroatoms. The lowest BCUT2D eigenvalue weighted by Gasteiger charge is -2.41. The van der Waals surface area contributed by atoms with Crippen molar-refractivity contribution in [2.45, 2.75) is 58.2 Å². The van der Waals surface area contributed by atoms with Gasteiger partial charge in [-0.3, -0.25) is 0 Å². The van der Waals surface area contributed by atoms with Crippen LogP contribution in [0.4, 0.5) is 4.79 Å². The number of piperidine rings is 1. The Morgan fingerprint density at radius 3 is 2.29 bits per heavy atom. The number of aliphatic hydroxyl groups is 2. The third-order valence-electron chi connectivity index (χ3n) is 4.09. The second-order valence-electron chi connectivity index (χ2n) is 8.96. The maximum atomic E-state index is 12.3. The molecule has 1 saturated heterocycles. The predicted octanol–water partition coefficient (Wildman–Crippen LogP) is 2.18. The van der Waals surface area contributed by atoms with Gasteiger partial charge in [-0.05, 0) is 26.8 Å². The Bertz CT molecular complexity index is 405. The zero-order chi connectivity index (χ0) is 18.5. The van der Waals surface area contributed by atoms with Gasteiger partial charge in [0.1, 0.15) is 5.60 Å². The van der Waals surface area contributed by atoms with Crippen LogP contribution in [0, 0.1) is 11.8 Å². The third-order valence-corrected chi connectivity index (χ3v) is 5.79. The Labute approximate surface area is 147 Å². The van der Waals surface area contributed by atoms with Crippen molar-refractivity contribution in [3.63, 3.8) is 0 Å². The van der Waals surface area contributed by atoms with Crippen LogP contribution in [0.1, 0.15) is 20.8 Å². The van der Waals surface area contributed by atoms with Crippen LogP contribution in [-0.2, 0) is 9.47 Å². The van der Waals surface area contributed by atoms with Crippen molar-refractivity contribution in [2.75, 3.05) is 32.9 Å². The van der Waals surface area contributed by atoms with E-state index in [1.807, 2.05) is 20.8 Å². The summed E-state index contributed by atoms with van der Waals surface area (Å²) in [6.07, 6.45) is -1.07. The first-order valence-electron chi connectivity index (χ1n) is 8.77. The molecule has 24 heavy (non-hydrogen) atoms. The van der Waals surface area contributed by atoms with Gasteiger partial charge in [0.2, 0.25) is 0 Å². The van der Waals surface area contributed by atoms with E-state index >= 15 is 0 Å². The summed E-state index contributed by atoms with van der Waals surface area (Å²) in [5.41, 5.74) is -0.564. The molecule has 2 N–H and O–H groups in total. The summed E-state index contributed by atoms with van der Waals surface area (Å²) in [7, 11) is -1.15. The van der Waals surface area contributed by atoms with Crippen LogP contribution in [0.25, 0.3) is 0 Å². The monoisotopic (exact) mass is 361 g/mol. The Balaban J connectivity index is 2.61. The Kier molecular flexibility index (Phi) is 7.71. The Hall–Kier alpha value is -0.633. The van der Waals surface area contributed by atoms with Gasteiger partial charge >= 0.3 is 6.09 Å². The van der Waals surface area contributed by atoms with Crippen molar-refractivity contribution in [1.82, 2.24) is 4.90 Å². The number of ether oxygens (including phenoxy) is 2. The summed E-state index contributed by atoms with van der Waals surface area (Å²) in [4.78, 5) is 13.9. The average Bonchev–Trinajstić information content (AvgIpc) is 2.42. The van der Waals surface area contributed by atoms with E-state index in [4.69, 9.17) is 9.47 Å².